The Hall–Kier alpha value is -3.20. The Bertz CT molecular complexity index is 783. The Balaban J connectivity index is 1.95. The van der Waals surface area contributed by atoms with Gasteiger partial charge in [-0.05, 0) is 17.7 Å². The van der Waals surface area contributed by atoms with E-state index in [4.69, 9.17) is 0 Å². The standard InChI is InChI=1S/C20H16N2O/c23-19-13-7-8-16(14-19)15-21-22-20(17-9-3-1-4-10-17)18-11-5-2-6-12-18/h1-15,23H. The topological polar surface area (TPSA) is 45.0 Å². The quantitative estimate of drug-likeness (QED) is 0.568. The third-order valence-electron chi connectivity index (χ3n) is 3.33. The highest BCUT2D eigenvalue weighted by atomic mass is 16.3. The SMILES string of the molecule is Oc1cccc(C=NN=C(c2ccccc2)c2ccccc2)c1. The van der Waals surface area contributed by atoms with E-state index in [9.17, 15) is 5.11 Å². The Labute approximate surface area is 135 Å². The molecule has 0 aromatic heterocycles. The molecule has 3 rings (SSSR count). The summed E-state index contributed by atoms with van der Waals surface area (Å²) in [5.41, 5.74) is 3.62. The molecule has 0 amide bonds. The molecular weight excluding hydrogens is 284 g/mol. The lowest BCUT2D eigenvalue weighted by atomic mass is 10.0. The van der Waals surface area contributed by atoms with Gasteiger partial charge >= 0.3 is 0 Å². The summed E-state index contributed by atoms with van der Waals surface area (Å²) >= 11 is 0. The van der Waals surface area contributed by atoms with Crippen LogP contribution in [0.15, 0.2) is 95.1 Å². The van der Waals surface area contributed by atoms with Gasteiger partial charge in [0.15, 0.2) is 0 Å². The van der Waals surface area contributed by atoms with Crippen molar-refractivity contribution in [3.05, 3.63) is 102 Å². The van der Waals surface area contributed by atoms with Crippen LogP contribution >= 0.6 is 0 Å². The van der Waals surface area contributed by atoms with E-state index >= 15 is 0 Å². The summed E-state index contributed by atoms with van der Waals surface area (Å²) in [5.74, 6) is 0.212. The van der Waals surface area contributed by atoms with Gasteiger partial charge in [-0.15, -0.1) is 5.10 Å². The monoisotopic (exact) mass is 300 g/mol. The molecule has 0 spiro atoms. The van der Waals surface area contributed by atoms with Gasteiger partial charge in [-0.1, -0.05) is 72.8 Å². The summed E-state index contributed by atoms with van der Waals surface area (Å²) < 4.78 is 0. The molecule has 3 nitrogen and oxygen atoms in total. The van der Waals surface area contributed by atoms with Crippen LogP contribution in [0.5, 0.6) is 5.75 Å². The van der Waals surface area contributed by atoms with Crippen molar-refractivity contribution in [1.29, 1.82) is 0 Å². The molecule has 0 fully saturated rings. The minimum absolute atomic E-state index is 0.212. The summed E-state index contributed by atoms with van der Waals surface area (Å²) in [6.45, 7) is 0. The van der Waals surface area contributed by atoms with Crippen LogP contribution in [0.4, 0.5) is 0 Å². The molecule has 0 aliphatic heterocycles. The van der Waals surface area contributed by atoms with Gasteiger partial charge in [0.05, 0.1) is 6.21 Å². The van der Waals surface area contributed by atoms with Crippen LogP contribution in [0.3, 0.4) is 0 Å². The van der Waals surface area contributed by atoms with Gasteiger partial charge in [0.2, 0.25) is 0 Å². The second-order valence-corrected chi connectivity index (χ2v) is 5.02. The number of hydrogen-bond acceptors (Lipinski definition) is 3. The minimum Gasteiger partial charge on any atom is -0.508 e. The van der Waals surface area contributed by atoms with Gasteiger partial charge in [0, 0.05) is 11.1 Å². The van der Waals surface area contributed by atoms with Crippen molar-refractivity contribution >= 4 is 11.9 Å². The normalized spacial score (nSPS) is 10.6. The molecule has 23 heavy (non-hydrogen) atoms. The number of nitrogens with zero attached hydrogens (tertiary/aromatic N) is 2. The van der Waals surface area contributed by atoms with E-state index in [1.807, 2.05) is 66.7 Å². The maximum absolute atomic E-state index is 9.48. The first kappa shape index (κ1) is 14.7. The Kier molecular flexibility index (Phi) is 4.60. The van der Waals surface area contributed by atoms with Crippen molar-refractivity contribution in [2.75, 3.05) is 0 Å². The summed E-state index contributed by atoms with van der Waals surface area (Å²) in [6.07, 6.45) is 1.63. The highest BCUT2D eigenvalue weighted by Crippen LogP contribution is 2.12. The number of aromatic hydroxyl groups is 1. The van der Waals surface area contributed by atoms with Gasteiger partial charge in [0.1, 0.15) is 11.5 Å². The van der Waals surface area contributed by atoms with Crippen LogP contribution in [0.1, 0.15) is 16.7 Å². The lowest BCUT2D eigenvalue weighted by Gasteiger charge is -2.05. The van der Waals surface area contributed by atoms with Gasteiger partial charge in [-0.25, -0.2) is 0 Å². The van der Waals surface area contributed by atoms with Crippen LogP contribution in [-0.4, -0.2) is 17.0 Å². The molecule has 1 N–H and O–H groups in total. The fourth-order valence-electron chi connectivity index (χ4n) is 2.23. The number of hydrogen-bond donors (Lipinski definition) is 1. The molecule has 0 saturated heterocycles. The summed E-state index contributed by atoms with van der Waals surface area (Å²) in [4.78, 5) is 0. The molecule has 0 aliphatic carbocycles. The van der Waals surface area contributed by atoms with E-state index < -0.39 is 0 Å². The maximum Gasteiger partial charge on any atom is 0.116 e. The molecule has 0 bridgehead atoms. The van der Waals surface area contributed by atoms with Gasteiger partial charge in [-0.2, -0.15) is 5.10 Å². The van der Waals surface area contributed by atoms with Crippen molar-refractivity contribution < 1.29 is 5.11 Å². The number of phenols is 1. The van der Waals surface area contributed by atoms with E-state index in [2.05, 4.69) is 10.2 Å². The lowest BCUT2D eigenvalue weighted by molar-refractivity contribution is 0.475. The Morgan fingerprint density at radius 3 is 1.91 bits per heavy atom. The van der Waals surface area contributed by atoms with Crippen LogP contribution in [-0.2, 0) is 0 Å². The zero-order valence-electron chi connectivity index (χ0n) is 12.5. The van der Waals surface area contributed by atoms with E-state index in [0.717, 1.165) is 22.4 Å². The first-order valence-corrected chi connectivity index (χ1v) is 7.34. The fraction of sp³-hybridized carbons (Fsp3) is 0. The molecule has 0 atom stereocenters. The molecule has 3 heteroatoms. The summed E-state index contributed by atoms with van der Waals surface area (Å²) in [6, 6.07) is 26.8. The molecule has 3 aromatic carbocycles. The second kappa shape index (κ2) is 7.18. The predicted molar refractivity (Wildman–Crippen MR) is 94.2 cm³/mol. The second-order valence-electron chi connectivity index (χ2n) is 5.02. The maximum atomic E-state index is 9.48. The van der Waals surface area contributed by atoms with Crippen molar-refractivity contribution in [3.63, 3.8) is 0 Å². The third-order valence-corrected chi connectivity index (χ3v) is 3.33. The highest BCUT2D eigenvalue weighted by molar-refractivity contribution is 6.12. The van der Waals surface area contributed by atoms with Crippen LogP contribution in [0, 0.1) is 0 Å². The first-order valence-electron chi connectivity index (χ1n) is 7.34. The molecule has 112 valence electrons. The van der Waals surface area contributed by atoms with Crippen molar-refractivity contribution in [2.24, 2.45) is 10.2 Å². The van der Waals surface area contributed by atoms with Crippen molar-refractivity contribution in [2.45, 2.75) is 0 Å². The predicted octanol–water partition coefficient (Wildman–Crippen LogP) is 4.26. The zero-order chi connectivity index (χ0) is 15.9. The first-order chi connectivity index (χ1) is 11.3. The number of phenolic OH excluding ortho intramolecular Hbond substituents is 1. The Morgan fingerprint density at radius 1 is 0.739 bits per heavy atom. The number of benzene rings is 3. The van der Waals surface area contributed by atoms with E-state index in [1.54, 1.807) is 24.4 Å². The largest absolute Gasteiger partial charge is 0.508 e. The Morgan fingerprint density at radius 2 is 1.35 bits per heavy atom. The average molecular weight is 300 g/mol. The van der Waals surface area contributed by atoms with Gasteiger partial charge in [-0.3, -0.25) is 0 Å². The van der Waals surface area contributed by atoms with Crippen molar-refractivity contribution in [1.82, 2.24) is 0 Å². The molecule has 3 aromatic rings. The minimum atomic E-state index is 0.212. The zero-order valence-corrected chi connectivity index (χ0v) is 12.5. The molecule has 0 saturated carbocycles. The molecule has 0 aliphatic rings. The van der Waals surface area contributed by atoms with E-state index in [-0.39, 0.29) is 5.75 Å². The fourth-order valence-corrected chi connectivity index (χ4v) is 2.23. The van der Waals surface area contributed by atoms with Crippen molar-refractivity contribution in [3.8, 4) is 5.75 Å². The third kappa shape index (κ3) is 3.92. The van der Waals surface area contributed by atoms with E-state index in [1.165, 1.54) is 0 Å². The van der Waals surface area contributed by atoms with Gasteiger partial charge in [0.25, 0.3) is 0 Å². The average Bonchev–Trinajstić information content (AvgIpc) is 2.60. The summed E-state index contributed by atoms with van der Waals surface area (Å²) in [7, 11) is 0. The molecular formula is C20H16N2O. The molecule has 0 radical (unpaired) electrons. The highest BCUT2D eigenvalue weighted by Gasteiger charge is 2.05. The van der Waals surface area contributed by atoms with Crippen LogP contribution in [0.2, 0.25) is 0 Å². The van der Waals surface area contributed by atoms with Crippen LogP contribution in [0.25, 0.3) is 0 Å². The van der Waals surface area contributed by atoms with Crippen LogP contribution < -0.4 is 0 Å². The molecule has 0 unspecified atom stereocenters. The number of rotatable bonds is 4. The van der Waals surface area contributed by atoms with Gasteiger partial charge < -0.3 is 5.11 Å². The lowest BCUT2D eigenvalue weighted by Crippen LogP contribution is -2.02. The summed E-state index contributed by atoms with van der Waals surface area (Å²) in [5, 5.41) is 18.1. The smallest absolute Gasteiger partial charge is 0.116 e. The van der Waals surface area contributed by atoms with E-state index in [0.29, 0.717) is 0 Å². The molecule has 0 heterocycles.